The van der Waals surface area contributed by atoms with Crippen molar-refractivity contribution in [2.75, 3.05) is 6.54 Å². The molecule has 2 heterocycles. The Hall–Kier alpha value is -1.61. The Labute approximate surface area is 121 Å². The van der Waals surface area contributed by atoms with E-state index in [1.807, 2.05) is 23.1 Å². The Bertz CT molecular complexity index is 516. The summed E-state index contributed by atoms with van der Waals surface area (Å²) >= 11 is 0. The van der Waals surface area contributed by atoms with Gasteiger partial charge in [-0.15, -0.1) is 0 Å². The summed E-state index contributed by atoms with van der Waals surface area (Å²) in [6.45, 7) is 4.64. The van der Waals surface area contributed by atoms with Crippen LogP contribution in [-0.2, 0) is 6.54 Å². The second-order valence-electron chi connectivity index (χ2n) is 5.65. The lowest BCUT2D eigenvalue weighted by molar-refractivity contribution is 0.136. The maximum atomic E-state index is 4.26. The van der Waals surface area contributed by atoms with E-state index in [4.69, 9.17) is 0 Å². The van der Waals surface area contributed by atoms with Gasteiger partial charge in [0.05, 0.1) is 5.69 Å². The first kappa shape index (κ1) is 13.4. The third-order valence-corrected chi connectivity index (χ3v) is 4.31. The van der Waals surface area contributed by atoms with Gasteiger partial charge in [0.1, 0.15) is 0 Å². The molecule has 1 aromatic carbocycles. The van der Waals surface area contributed by atoms with Crippen molar-refractivity contribution < 1.29 is 0 Å². The lowest BCUT2D eigenvalue weighted by Gasteiger charge is -2.35. The van der Waals surface area contributed by atoms with Crippen molar-refractivity contribution in [1.29, 1.82) is 0 Å². The summed E-state index contributed by atoms with van der Waals surface area (Å²) in [4.78, 5) is 2.65. The number of hydrogen-bond donors (Lipinski definition) is 0. The molecule has 3 nitrogen and oxygen atoms in total. The van der Waals surface area contributed by atoms with Gasteiger partial charge in [0.25, 0.3) is 0 Å². The molecule has 1 fully saturated rings. The van der Waals surface area contributed by atoms with Crippen LogP contribution >= 0.6 is 0 Å². The fraction of sp³-hybridized carbons (Fsp3) is 0.471. The van der Waals surface area contributed by atoms with Crippen LogP contribution in [0.4, 0.5) is 0 Å². The Morgan fingerprint density at radius 2 is 2.05 bits per heavy atom. The van der Waals surface area contributed by atoms with Gasteiger partial charge in [0.15, 0.2) is 0 Å². The monoisotopic (exact) mass is 269 g/mol. The second-order valence-corrected chi connectivity index (χ2v) is 5.65. The fourth-order valence-electron chi connectivity index (χ4n) is 3.14. The van der Waals surface area contributed by atoms with Crippen LogP contribution in [0.5, 0.6) is 0 Å². The summed E-state index contributed by atoms with van der Waals surface area (Å²) in [5, 5.41) is 4.26. The molecule has 0 saturated carbocycles. The molecular formula is C17H23N3. The molecule has 1 unspecified atom stereocenters. The molecule has 1 aromatic heterocycles. The molecule has 2 aromatic rings. The molecule has 0 amide bonds. The normalized spacial score (nSPS) is 20.1. The first-order valence-electron chi connectivity index (χ1n) is 7.70. The van der Waals surface area contributed by atoms with Gasteiger partial charge in [-0.05, 0) is 49.6 Å². The van der Waals surface area contributed by atoms with E-state index in [0.29, 0.717) is 0 Å². The molecule has 1 atom stereocenters. The van der Waals surface area contributed by atoms with Crippen molar-refractivity contribution in [3.8, 4) is 5.69 Å². The topological polar surface area (TPSA) is 21.1 Å². The molecule has 1 aliphatic rings. The Kier molecular flexibility index (Phi) is 4.16. The lowest BCUT2D eigenvalue weighted by atomic mass is 9.99. The van der Waals surface area contributed by atoms with Gasteiger partial charge in [-0.2, -0.15) is 5.10 Å². The van der Waals surface area contributed by atoms with Crippen LogP contribution in [0.1, 0.15) is 38.2 Å². The minimum Gasteiger partial charge on any atom is -0.296 e. The predicted molar refractivity (Wildman–Crippen MR) is 81.9 cm³/mol. The van der Waals surface area contributed by atoms with E-state index in [1.165, 1.54) is 37.8 Å². The summed E-state index contributed by atoms with van der Waals surface area (Å²) < 4.78 is 1.90. The molecule has 106 valence electrons. The van der Waals surface area contributed by atoms with Gasteiger partial charge in [-0.1, -0.05) is 25.5 Å². The van der Waals surface area contributed by atoms with E-state index >= 15 is 0 Å². The average molecular weight is 269 g/mol. The summed E-state index contributed by atoms with van der Waals surface area (Å²) in [7, 11) is 0. The molecule has 1 saturated heterocycles. The maximum Gasteiger partial charge on any atom is 0.0645 e. The molecule has 20 heavy (non-hydrogen) atoms. The Morgan fingerprint density at radius 1 is 1.20 bits per heavy atom. The maximum absolute atomic E-state index is 4.26. The summed E-state index contributed by atoms with van der Waals surface area (Å²) in [6.07, 6.45) is 9.17. The molecule has 3 heteroatoms. The average Bonchev–Trinajstić information content (AvgIpc) is 3.03. The van der Waals surface area contributed by atoms with E-state index in [9.17, 15) is 0 Å². The van der Waals surface area contributed by atoms with Crippen molar-refractivity contribution in [3.63, 3.8) is 0 Å². The zero-order valence-corrected chi connectivity index (χ0v) is 12.2. The van der Waals surface area contributed by atoms with E-state index in [0.717, 1.165) is 18.3 Å². The van der Waals surface area contributed by atoms with E-state index < -0.39 is 0 Å². The van der Waals surface area contributed by atoms with Crippen LogP contribution in [0, 0.1) is 0 Å². The van der Waals surface area contributed by atoms with Crippen LogP contribution in [-0.4, -0.2) is 27.3 Å². The first-order valence-corrected chi connectivity index (χ1v) is 7.70. The van der Waals surface area contributed by atoms with Gasteiger partial charge in [-0.25, -0.2) is 4.68 Å². The predicted octanol–water partition coefficient (Wildman–Crippen LogP) is 3.64. The van der Waals surface area contributed by atoms with Crippen molar-refractivity contribution in [1.82, 2.24) is 14.7 Å². The van der Waals surface area contributed by atoms with Crippen molar-refractivity contribution in [3.05, 3.63) is 48.3 Å². The van der Waals surface area contributed by atoms with Gasteiger partial charge >= 0.3 is 0 Å². The van der Waals surface area contributed by atoms with E-state index in [1.54, 1.807) is 0 Å². The largest absolute Gasteiger partial charge is 0.296 e. The highest BCUT2D eigenvalue weighted by Gasteiger charge is 2.20. The Balaban J connectivity index is 1.68. The van der Waals surface area contributed by atoms with E-state index in [-0.39, 0.29) is 0 Å². The minimum absolute atomic E-state index is 0.773. The smallest absolute Gasteiger partial charge is 0.0645 e. The highest BCUT2D eigenvalue weighted by atomic mass is 15.3. The fourth-order valence-corrected chi connectivity index (χ4v) is 3.14. The van der Waals surface area contributed by atoms with Crippen molar-refractivity contribution >= 4 is 0 Å². The summed E-state index contributed by atoms with van der Waals surface area (Å²) in [5.74, 6) is 0. The van der Waals surface area contributed by atoms with Crippen LogP contribution in [0.2, 0.25) is 0 Å². The molecule has 0 spiro atoms. The molecule has 1 aliphatic heterocycles. The summed E-state index contributed by atoms with van der Waals surface area (Å²) in [5.41, 5.74) is 2.53. The molecule has 0 N–H and O–H groups in total. The van der Waals surface area contributed by atoms with Crippen LogP contribution in [0.25, 0.3) is 5.69 Å². The van der Waals surface area contributed by atoms with Gasteiger partial charge in [-0.3, -0.25) is 4.90 Å². The number of benzene rings is 1. The van der Waals surface area contributed by atoms with Crippen molar-refractivity contribution in [2.24, 2.45) is 0 Å². The zero-order chi connectivity index (χ0) is 13.8. The SMILES string of the molecule is CCC1CCCCN1Cc1ccc(-n2cccn2)cc1. The highest BCUT2D eigenvalue weighted by Crippen LogP contribution is 2.22. The van der Waals surface area contributed by atoms with Crippen LogP contribution < -0.4 is 0 Å². The van der Waals surface area contributed by atoms with E-state index in [2.05, 4.69) is 41.2 Å². The van der Waals surface area contributed by atoms with Gasteiger partial charge in [0.2, 0.25) is 0 Å². The first-order chi connectivity index (χ1) is 9.86. The number of likely N-dealkylation sites (tertiary alicyclic amines) is 1. The standard InChI is InChI=1S/C17H23N3/c1-2-16-6-3-4-12-19(16)14-15-7-9-17(10-8-15)20-13-5-11-18-20/h5,7-11,13,16H,2-4,6,12,14H2,1H3. The molecule has 3 rings (SSSR count). The number of piperidine rings is 1. The van der Waals surface area contributed by atoms with Gasteiger partial charge < -0.3 is 0 Å². The van der Waals surface area contributed by atoms with Crippen LogP contribution in [0.3, 0.4) is 0 Å². The summed E-state index contributed by atoms with van der Waals surface area (Å²) in [6, 6.07) is 11.5. The molecular weight excluding hydrogens is 246 g/mol. The highest BCUT2D eigenvalue weighted by molar-refractivity contribution is 5.33. The molecule has 0 bridgehead atoms. The quantitative estimate of drug-likeness (QED) is 0.845. The molecule has 0 aliphatic carbocycles. The van der Waals surface area contributed by atoms with Gasteiger partial charge in [0, 0.05) is 25.0 Å². The number of aromatic nitrogens is 2. The lowest BCUT2D eigenvalue weighted by Crippen LogP contribution is -2.38. The van der Waals surface area contributed by atoms with Crippen LogP contribution in [0.15, 0.2) is 42.7 Å². The van der Waals surface area contributed by atoms with Crippen molar-refractivity contribution in [2.45, 2.75) is 45.2 Å². The third-order valence-electron chi connectivity index (χ3n) is 4.31. The number of rotatable bonds is 4. The second kappa shape index (κ2) is 6.23. The zero-order valence-electron chi connectivity index (χ0n) is 12.2. The molecule has 0 radical (unpaired) electrons. The number of hydrogen-bond acceptors (Lipinski definition) is 2. The Morgan fingerprint density at radius 3 is 2.75 bits per heavy atom. The minimum atomic E-state index is 0.773. The number of nitrogens with zero attached hydrogens (tertiary/aromatic N) is 3. The third kappa shape index (κ3) is 2.93.